The number of aliphatic hydroxyl groups excluding tert-OH is 6. The van der Waals surface area contributed by atoms with E-state index in [2.05, 4.69) is 0 Å². The summed E-state index contributed by atoms with van der Waals surface area (Å²) >= 11 is 0. The van der Waals surface area contributed by atoms with Crippen LogP contribution in [-0.2, 0) is 9.47 Å². The van der Waals surface area contributed by atoms with E-state index in [4.69, 9.17) is 24.1 Å². The summed E-state index contributed by atoms with van der Waals surface area (Å²) < 4.78 is 20.7. The van der Waals surface area contributed by atoms with E-state index in [9.17, 15) is 25.5 Å². The van der Waals surface area contributed by atoms with Crippen LogP contribution >= 0.6 is 0 Å². The fraction of sp³-hybridized carbons (Fsp3) is 0.647. The molecule has 1 aromatic rings. The predicted octanol–water partition coefficient (Wildman–Crippen LogP) is -2.09. The van der Waals surface area contributed by atoms with E-state index in [1.54, 1.807) is 12.1 Å². The number of benzene rings is 1. The van der Waals surface area contributed by atoms with Crippen molar-refractivity contribution in [3.05, 3.63) is 23.8 Å². The van der Waals surface area contributed by atoms with Crippen LogP contribution in [0, 0.1) is 0 Å². The largest absolute Gasteiger partial charge is 0.493 e. The highest BCUT2D eigenvalue weighted by Crippen LogP contribution is 2.31. The van der Waals surface area contributed by atoms with Gasteiger partial charge in [-0.25, -0.2) is 0 Å². The minimum Gasteiger partial charge on any atom is -0.493 e. The molecule has 0 saturated carbocycles. The van der Waals surface area contributed by atoms with Gasteiger partial charge in [-0.3, -0.25) is 0 Å². The van der Waals surface area contributed by atoms with Crippen molar-refractivity contribution in [3.8, 4) is 11.5 Å². The smallest absolute Gasteiger partial charge is 0.186 e. The zero-order chi connectivity index (χ0) is 20.1. The van der Waals surface area contributed by atoms with Gasteiger partial charge in [-0.1, -0.05) is 6.07 Å². The zero-order valence-corrected chi connectivity index (χ0v) is 15.0. The molecule has 1 heterocycles. The van der Waals surface area contributed by atoms with E-state index in [1.807, 2.05) is 0 Å². The number of hydrogen-bond donors (Lipinski definition) is 6. The van der Waals surface area contributed by atoms with Gasteiger partial charge in [0.1, 0.15) is 36.6 Å². The maximum absolute atomic E-state index is 10.3. The van der Waals surface area contributed by atoms with E-state index in [-0.39, 0.29) is 0 Å². The first-order valence-corrected chi connectivity index (χ1v) is 8.34. The first-order chi connectivity index (χ1) is 12.8. The van der Waals surface area contributed by atoms with Gasteiger partial charge in [0.15, 0.2) is 17.8 Å². The van der Waals surface area contributed by atoms with Crippen molar-refractivity contribution in [2.75, 3.05) is 27.4 Å². The van der Waals surface area contributed by atoms with Gasteiger partial charge in [-0.2, -0.15) is 0 Å². The molecule has 7 atom stereocenters. The Bertz CT molecular complexity index is 595. The summed E-state index contributed by atoms with van der Waals surface area (Å²) in [4.78, 5) is 0. The minimum atomic E-state index is -1.59. The Morgan fingerprint density at radius 2 is 1.67 bits per heavy atom. The quantitative estimate of drug-likeness (QED) is 0.291. The lowest BCUT2D eigenvalue weighted by molar-refractivity contribution is -0.306. The monoisotopic (exact) mass is 390 g/mol. The summed E-state index contributed by atoms with van der Waals surface area (Å²) in [7, 11) is 2.91. The zero-order valence-electron chi connectivity index (χ0n) is 15.0. The standard InChI is InChI=1S/C17H26O10/c1-24-10-4-3-8(5-11(10)25-2)13(20)9(19)7-26-17-16(23)15(22)14(21)12(6-18)27-17/h3-5,9,12-23H,6-7H2,1-2H3/t9?,12-,13?,14-,15+,16-,17?/m1/s1. The Morgan fingerprint density at radius 3 is 2.26 bits per heavy atom. The average molecular weight is 390 g/mol. The molecule has 6 N–H and O–H groups in total. The topological polar surface area (TPSA) is 158 Å². The molecule has 1 aliphatic rings. The Hall–Kier alpha value is -1.50. The summed E-state index contributed by atoms with van der Waals surface area (Å²) in [5, 5.41) is 59.0. The Labute approximate surface area is 156 Å². The predicted molar refractivity (Wildman–Crippen MR) is 90.2 cm³/mol. The van der Waals surface area contributed by atoms with Crippen molar-refractivity contribution in [2.24, 2.45) is 0 Å². The second-order valence-corrected chi connectivity index (χ2v) is 6.16. The van der Waals surface area contributed by atoms with Crippen LogP contribution in [0.4, 0.5) is 0 Å². The van der Waals surface area contributed by atoms with Gasteiger partial charge in [0.05, 0.1) is 27.4 Å². The van der Waals surface area contributed by atoms with Crippen LogP contribution in [0.25, 0.3) is 0 Å². The van der Waals surface area contributed by atoms with Gasteiger partial charge in [0, 0.05) is 0 Å². The van der Waals surface area contributed by atoms with Crippen LogP contribution in [0.15, 0.2) is 18.2 Å². The third kappa shape index (κ3) is 4.86. The fourth-order valence-corrected chi connectivity index (χ4v) is 2.75. The molecule has 0 amide bonds. The molecule has 2 rings (SSSR count). The van der Waals surface area contributed by atoms with Crippen LogP contribution < -0.4 is 9.47 Å². The molecule has 1 fully saturated rings. The van der Waals surface area contributed by atoms with Gasteiger partial charge in [0.25, 0.3) is 0 Å². The number of methoxy groups -OCH3 is 2. The van der Waals surface area contributed by atoms with Crippen molar-refractivity contribution >= 4 is 0 Å². The molecule has 0 spiro atoms. The molecular weight excluding hydrogens is 364 g/mol. The van der Waals surface area contributed by atoms with E-state index < -0.39 is 56.1 Å². The minimum absolute atomic E-state index is 0.345. The molecule has 10 heteroatoms. The molecular formula is C17H26O10. The molecule has 1 saturated heterocycles. The van der Waals surface area contributed by atoms with Crippen molar-refractivity contribution in [1.29, 1.82) is 0 Å². The molecule has 154 valence electrons. The highest BCUT2D eigenvalue weighted by Gasteiger charge is 2.44. The normalized spacial score (nSPS) is 30.6. The van der Waals surface area contributed by atoms with Crippen molar-refractivity contribution in [1.82, 2.24) is 0 Å². The van der Waals surface area contributed by atoms with Crippen LogP contribution in [0.3, 0.4) is 0 Å². The fourth-order valence-electron chi connectivity index (χ4n) is 2.75. The lowest BCUT2D eigenvalue weighted by atomic mass is 9.99. The van der Waals surface area contributed by atoms with E-state index >= 15 is 0 Å². The number of aliphatic hydroxyl groups is 6. The van der Waals surface area contributed by atoms with Crippen LogP contribution in [0.2, 0.25) is 0 Å². The molecule has 3 unspecified atom stereocenters. The van der Waals surface area contributed by atoms with Gasteiger partial charge in [0.2, 0.25) is 0 Å². The van der Waals surface area contributed by atoms with Gasteiger partial charge in [-0.15, -0.1) is 0 Å². The Kier molecular flexibility index (Phi) is 7.77. The molecule has 27 heavy (non-hydrogen) atoms. The Morgan fingerprint density at radius 1 is 1.00 bits per heavy atom. The summed E-state index contributed by atoms with van der Waals surface area (Å²) in [6.07, 6.45) is -9.94. The van der Waals surface area contributed by atoms with Crippen LogP contribution in [-0.4, -0.2) is 94.9 Å². The molecule has 0 aromatic heterocycles. The van der Waals surface area contributed by atoms with E-state index in [0.717, 1.165) is 0 Å². The second kappa shape index (κ2) is 9.62. The summed E-state index contributed by atoms with van der Waals surface area (Å²) in [5.41, 5.74) is 0.345. The van der Waals surface area contributed by atoms with Gasteiger partial charge < -0.3 is 49.6 Å². The molecule has 10 nitrogen and oxygen atoms in total. The molecule has 0 aliphatic carbocycles. The lowest BCUT2D eigenvalue weighted by Gasteiger charge is -2.39. The third-order valence-electron chi connectivity index (χ3n) is 4.39. The Balaban J connectivity index is 1.99. The second-order valence-electron chi connectivity index (χ2n) is 6.16. The van der Waals surface area contributed by atoms with E-state index in [0.29, 0.717) is 17.1 Å². The number of hydrogen-bond acceptors (Lipinski definition) is 10. The summed E-state index contributed by atoms with van der Waals surface area (Å²) in [6.45, 7) is -1.04. The van der Waals surface area contributed by atoms with Crippen molar-refractivity contribution in [3.63, 3.8) is 0 Å². The van der Waals surface area contributed by atoms with Gasteiger partial charge in [-0.05, 0) is 17.7 Å². The van der Waals surface area contributed by atoms with E-state index in [1.165, 1.54) is 20.3 Å². The summed E-state index contributed by atoms with van der Waals surface area (Å²) in [6, 6.07) is 4.62. The lowest BCUT2D eigenvalue weighted by Crippen LogP contribution is -2.59. The highest BCUT2D eigenvalue weighted by atomic mass is 16.7. The van der Waals surface area contributed by atoms with Crippen LogP contribution in [0.5, 0.6) is 11.5 Å². The highest BCUT2D eigenvalue weighted by molar-refractivity contribution is 5.43. The SMILES string of the molecule is COc1ccc(C(O)C(O)COC2O[C@H](CO)[C@@H](O)[C@H](O)[C@H]2O)cc1OC. The first-order valence-electron chi connectivity index (χ1n) is 8.34. The molecule has 1 aliphatic heterocycles. The van der Waals surface area contributed by atoms with Crippen LogP contribution in [0.1, 0.15) is 11.7 Å². The van der Waals surface area contributed by atoms with Crippen molar-refractivity contribution < 1.29 is 49.6 Å². The molecule has 0 radical (unpaired) electrons. The molecule has 0 bridgehead atoms. The van der Waals surface area contributed by atoms with Crippen molar-refractivity contribution in [2.45, 2.75) is 42.9 Å². The average Bonchev–Trinajstić information content (AvgIpc) is 2.70. The third-order valence-corrected chi connectivity index (χ3v) is 4.39. The maximum atomic E-state index is 10.3. The first kappa shape index (κ1) is 21.8. The number of ether oxygens (including phenoxy) is 4. The number of rotatable bonds is 8. The molecule has 1 aromatic carbocycles. The maximum Gasteiger partial charge on any atom is 0.186 e. The summed E-state index contributed by atoms with van der Waals surface area (Å²) in [5.74, 6) is 0.830. The van der Waals surface area contributed by atoms with Gasteiger partial charge >= 0.3 is 0 Å².